The first-order valence-electron chi connectivity index (χ1n) is 18.5. The third-order valence-corrected chi connectivity index (χ3v) is 14.2. The third-order valence-electron chi connectivity index (χ3n) is 9.49. The molecule has 16 heteroatoms. The number of nitrogens with zero attached hydrogens (tertiary/aromatic N) is 6. The van der Waals surface area contributed by atoms with Gasteiger partial charge in [0.15, 0.2) is 26.8 Å². The summed E-state index contributed by atoms with van der Waals surface area (Å²) < 4.78 is 25.9. The van der Waals surface area contributed by atoms with Crippen molar-refractivity contribution in [3.63, 3.8) is 0 Å². The molecule has 0 saturated carbocycles. The number of rotatable bonds is 14. The van der Waals surface area contributed by atoms with Crippen LogP contribution in [0.4, 0.5) is 0 Å². The largest absolute Gasteiger partial charge is 0.485 e. The van der Waals surface area contributed by atoms with Gasteiger partial charge in [-0.05, 0) is 80.7 Å². The SMILES string of the molecule is CCOC(=O)CSc1nncn1-c1sc(-c2ccc(CC(C)(Sc3nncn3-c3sc(-c4ccccc4)c4c3CCCC4)C(=O)OCC)cc2)c2c1OCCO2. The van der Waals surface area contributed by atoms with Crippen LogP contribution in [0.25, 0.3) is 30.9 Å². The Hall–Kier alpha value is -4.64. The molecule has 5 heterocycles. The van der Waals surface area contributed by atoms with Crippen LogP contribution in [0, 0.1) is 0 Å². The van der Waals surface area contributed by atoms with E-state index in [1.807, 2.05) is 48.7 Å². The fraction of sp³-hybridized carbons (Fsp3) is 0.350. The van der Waals surface area contributed by atoms with Crippen LogP contribution in [0.1, 0.15) is 50.3 Å². The van der Waals surface area contributed by atoms with Gasteiger partial charge in [0.1, 0.15) is 35.6 Å². The molecular formula is C40H40N6O6S4. The molecule has 0 saturated heterocycles. The summed E-state index contributed by atoms with van der Waals surface area (Å²) in [5.74, 6) is 0.736. The second-order valence-electron chi connectivity index (χ2n) is 13.3. The van der Waals surface area contributed by atoms with Crippen molar-refractivity contribution in [3.8, 4) is 42.4 Å². The Kier molecular flexibility index (Phi) is 11.5. The molecular weight excluding hydrogens is 789 g/mol. The zero-order valence-electron chi connectivity index (χ0n) is 31.2. The lowest BCUT2D eigenvalue weighted by Crippen LogP contribution is -2.36. The molecule has 0 fully saturated rings. The lowest BCUT2D eigenvalue weighted by molar-refractivity contribution is -0.145. The Balaban J connectivity index is 1.07. The highest BCUT2D eigenvalue weighted by atomic mass is 32.2. The minimum Gasteiger partial charge on any atom is -0.485 e. The number of hydrogen-bond acceptors (Lipinski definition) is 14. The van der Waals surface area contributed by atoms with Crippen molar-refractivity contribution in [1.29, 1.82) is 0 Å². The molecule has 12 nitrogen and oxygen atoms in total. The smallest absolute Gasteiger partial charge is 0.322 e. The molecule has 2 aliphatic rings. The minimum atomic E-state index is -1.000. The van der Waals surface area contributed by atoms with Crippen molar-refractivity contribution in [2.75, 3.05) is 32.2 Å². The summed E-state index contributed by atoms with van der Waals surface area (Å²) in [6.45, 7) is 6.93. The summed E-state index contributed by atoms with van der Waals surface area (Å²) in [6, 6.07) is 18.7. The van der Waals surface area contributed by atoms with Crippen molar-refractivity contribution in [1.82, 2.24) is 29.5 Å². The molecule has 6 aromatic rings. The number of fused-ring (bicyclic) bond motifs is 2. The molecule has 0 bridgehead atoms. The van der Waals surface area contributed by atoms with Crippen LogP contribution in [0.3, 0.4) is 0 Å². The Labute approximate surface area is 341 Å². The highest BCUT2D eigenvalue weighted by Gasteiger charge is 2.39. The maximum atomic E-state index is 13.8. The van der Waals surface area contributed by atoms with E-state index in [2.05, 4.69) is 49.2 Å². The predicted molar refractivity (Wildman–Crippen MR) is 219 cm³/mol. The van der Waals surface area contributed by atoms with Gasteiger partial charge in [-0.2, -0.15) is 0 Å². The number of ether oxygens (including phenoxy) is 4. The Morgan fingerprint density at radius 2 is 1.43 bits per heavy atom. The summed E-state index contributed by atoms with van der Waals surface area (Å²) in [5.41, 5.74) is 5.87. The van der Waals surface area contributed by atoms with Crippen LogP contribution < -0.4 is 9.47 Å². The Morgan fingerprint density at radius 1 is 0.786 bits per heavy atom. The van der Waals surface area contributed by atoms with E-state index in [0.29, 0.717) is 48.1 Å². The number of thioether (sulfide) groups is 2. The van der Waals surface area contributed by atoms with Crippen LogP contribution in [-0.4, -0.2) is 78.4 Å². The highest BCUT2D eigenvalue weighted by molar-refractivity contribution is 8.01. The van der Waals surface area contributed by atoms with E-state index in [1.165, 1.54) is 62.8 Å². The van der Waals surface area contributed by atoms with Crippen LogP contribution in [-0.2, 0) is 38.3 Å². The molecule has 290 valence electrons. The van der Waals surface area contributed by atoms with Gasteiger partial charge >= 0.3 is 11.9 Å². The maximum Gasteiger partial charge on any atom is 0.322 e. The van der Waals surface area contributed by atoms with E-state index < -0.39 is 4.75 Å². The molecule has 0 spiro atoms. The van der Waals surface area contributed by atoms with E-state index in [-0.39, 0.29) is 24.3 Å². The second-order valence-corrected chi connectivity index (χ2v) is 17.8. The van der Waals surface area contributed by atoms with Crippen LogP contribution >= 0.6 is 46.2 Å². The maximum absolute atomic E-state index is 13.8. The van der Waals surface area contributed by atoms with Crippen molar-refractivity contribution in [2.24, 2.45) is 0 Å². The molecule has 56 heavy (non-hydrogen) atoms. The topological polar surface area (TPSA) is 132 Å². The average molecular weight is 829 g/mol. The van der Waals surface area contributed by atoms with Gasteiger partial charge < -0.3 is 18.9 Å². The number of carbonyl (C=O) groups excluding carboxylic acids is 2. The first-order valence-corrected chi connectivity index (χ1v) is 22.0. The quantitative estimate of drug-likeness (QED) is 0.0774. The van der Waals surface area contributed by atoms with Gasteiger partial charge in [0.25, 0.3) is 0 Å². The van der Waals surface area contributed by atoms with Gasteiger partial charge in [0, 0.05) is 4.88 Å². The lowest BCUT2D eigenvalue weighted by Gasteiger charge is -2.26. The monoisotopic (exact) mass is 828 g/mol. The summed E-state index contributed by atoms with van der Waals surface area (Å²) in [4.78, 5) is 28.0. The second kappa shape index (κ2) is 16.8. The van der Waals surface area contributed by atoms with E-state index in [0.717, 1.165) is 45.3 Å². The first-order chi connectivity index (χ1) is 27.4. The summed E-state index contributed by atoms with van der Waals surface area (Å²) >= 11 is 5.91. The Bertz CT molecular complexity index is 2340. The molecule has 0 amide bonds. The molecule has 2 aromatic carbocycles. The van der Waals surface area contributed by atoms with E-state index >= 15 is 0 Å². The van der Waals surface area contributed by atoms with Gasteiger partial charge in [-0.3, -0.25) is 18.7 Å². The normalized spacial score (nSPS) is 14.6. The van der Waals surface area contributed by atoms with Gasteiger partial charge in [-0.25, -0.2) is 0 Å². The van der Waals surface area contributed by atoms with Crippen molar-refractivity contribution >= 4 is 58.1 Å². The highest BCUT2D eigenvalue weighted by Crippen LogP contribution is 2.52. The molecule has 1 aliphatic heterocycles. The summed E-state index contributed by atoms with van der Waals surface area (Å²) in [7, 11) is 0. The zero-order chi connectivity index (χ0) is 38.6. The van der Waals surface area contributed by atoms with Gasteiger partial charge in [-0.1, -0.05) is 78.1 Å². The molecule has 4 aromatic heterocycles. The van der Waals surface area contributed by atoms with Crippen molar-refractivity contribution in [3.05, 3.63) is 83.9 Å². The van der Waals surface area contributed by atoms with E-state index in [1.54, 1.807) is 30.9 Å². The molecule has 1 unspecified atom stereocenters. The lowest BCUT2D eigenvalue weighted by atomic mass is 9.91. The number of aromatic nitrogens is 6. The molecule has 1 aliphatic carbocycles. The third kappa shape index (κ3) is 7.71. The van der Waals surface area contributed by atoms with Crippen LogP contribution in [0.5, 0.6) is 11.5 Å². The fourth-order valence-electron chi connectivity index (χ4n) is 6.93. The fourth-order valence-corrected chi connectivity index (χ4v) is 11.4. The minimum absolute atomic E-state index is 0.109. The standard InChI is InChI=1S/C40H40N6O6S4/c1-4-49-30(47)22-53-38-43-41-24-46(38)36-32-31(51-19-20-52-32)34(55-36)27-17-15-25(16-18-27)21-40(3,37(48)50-5-2)56-39-44-42-23-45(39)35-29-14-10-9-13-28(29)33(54-35)26-11-7-6-8-12-26/h6-8,11-12,15-18,23-24H,4-5,9-10,13-14,19-22H2,1-3H3. The van der Waals surface area contributed by atoms with Gasteiger partial charge in [-0.15, -0.1) is 43.1 Å². The molecule has 0 N–H and O–H groups in total. The summed E-state index contributed by atoms with van der Waals surface area (Å²) in [6.07, 6.45) is 8.12. The zero-order valence-corrected chi connectivity index (χ0v) is 34.5. The Morgan fingerprint density at radius 3 is 2.16 bits per heavy atom. The molecule has 1 atom stereocenters. The molecule has 0 radical (unpaired) electrons. The predicted octanol–water partition coefficient (Wildman–Crippen LogP) is 8.27. The van der Waals surface area contributed by atoms with Gasteiger partial charge in [0.2, 0.25) is 0 Å². The van der Waals surface area contributed by atoms with Crippen molar-refractivity contribution < 1.29 is 28.5 Å². The van der Waals surface area contributed by atoms with Crippen molar-refractivity contribution in [2.45, 2.75) is 67.9 Å². The summed E-state index contributed by atoms with van der Waals surface area (Å²) in [5, 5.41) is 20.3. The number of benzene rings is 2. The van der Waals surface area contributed by atoms with Gasteiger partial charge in [0.05, 0.1) is 23.8 Å². The number of carbonyl (C=O) groups is 2. The first kappa shape index (κ1) is 38.2. The number of esters is 2. The van der Waals surface area contributed by atoms with Crippen LogP contribution in [0.15, 0.2) is 77.6 Å². The molecule has 8 rings (SSSR count). The number of thiophene rings is 2. The van der Waals surface area contributed by atoms with E-state index in [4.69, 9.17) is 18.9 Å². The average Bonchev–Trinajstić information content (AvgIpc) is 4.03. The van der Waals surface area contributed by atoms with Crippen LogP contribution in [0.2, 0.25) is 0 Å². The van der Waals surface area contributed by atoms with E-state index in [9.17, 15) is 9.59 Å². The number of hydrogen-bond donors (Lipinski definition) is 0.